The van der Waals surface area contributed by atoms with Gasteiger partial charge in [0.2, 0.25) is 0 Å². The summed E-state index contributed by atoms with van der Waals surface area (Å²) in [4.78, 5) is 4.18. The van der Waals surface area contributed by atoms with E-state index in [4.69, 9.17) is 11.6 Å². The lowest BCUT2D eigenvalue weighted by molar-refractivity contribution is -0.141. The molecule has 3 rings (SSSR count). The van der Waals surface area contributed by atoms with Crippen molar-refractivity contribution >= 4 is 33.0 Å². The zero-order valence-corrected chi connectivity index (χ0v) is 17.0. The van der Waals surface area contributed by atoms with Crippen molar-refractivity contribution in [2.75, 3.05) is 0 Å². The third kappa shape index (κ3) is 3.82. The standard InChI is InChI=1S/C18H19ClF3N3O2S/c1-10(2)8-14-17(28(26,27)13-6-4-12(19)5-7-13)11(3)23-16-9-15(18(20,21)22)24-25(14)16/h4-7,9-10,14,17H,8H2,1-3H3. The van der Waals surface area contributed by atoms with Gasteiger partial charge in [-0.2, -0.15) is 18.3 Å². The van der Waals surface area contributed by atoms with Crippen molar-refractivity contribution in [2.45, 2.75) is 49.6 Å². The van der Waals surface area contributed by atoms with Crippen LogP contribution in [0.4, 0.5) is 19.0 Å². The fourth-order valence-corrected chi connectivity index (χ4v) is 5.49. The molecule has 1 aromatic carbocycles. The van der Waals surface area contributed by atoms with Crippen LogP contribution in [0.15, 0.2) is 40.2 Å². The zero-order valence-electron chi connectivity index (χ0n) is 15.4. The molecule has 28 heavy (non-hydrogen) atoms. The van der Waals surface area contributed by atoms with Gasteiger partial charge < -0.3 is 0 Å². The van der Waals surface area contributed by atoms with E-state index >= 15 is 0 Å². The number of benzene rings is 1. The Kier molecular flexibility index (Phi) is 5.35. The van der Waals surface area contributed by atoms with Gasteiger partial charge in [-0.1, -0.05) is 25.4 Å². The van der Waals surface area contributed by atoms with Crippen molar-refractivity contribution in [1.82, 2.24) is 9.78 Å². The highest BCUT2D eigenvalue weighted by Gasteiger charge is 2.44. The number of rotatable bonds is 4. The van der Waals surface area contributed by atoms with Crippen LogP contribution in [0.3, 0.4) is 0 Å². The van der Waals surface area contributed by atoms with E-state index in [2.05, 4.69) is 10.1 Å². The molecule has 2 heterocycles. The molecular formula is C18H19ClF3N3O2S. The fraction of sp³-hybridized carbons (Fsp3) is 0.444. The minimum atomic E-state index is -4.64. The minimum absolute atomic E-state index is 0.0121. The van der Waals surface area contributed by atoms with Crippen LogP contribution in [0.2, 0.25) is 5.02 Å². The molecule has 1 aliphatic heterocycles. The molecule has 5 nitrogen and oxygen atoms in total. The summed E-state index contributed by atoms with van der Waals surface area (Å²) in [6, 6.07) is 5.74. The van der Waals surface area contributed by atoms with Crippen molar-refractivity contribution in [2.24, 2.45) is 10.9 Å². The summed E-state index contributed by atoms with van der Waals surface area (Å²) in [5.74, 6) is 0.0447. The normalized spacial score (nSPS) is 20.2. The largest absolute Gasteiger partial charge is 0.435 e. The SMILES string of the molecule is CC1=Nc2cc(C(F)(F)F)nn2C(CC(C)C)C1S(=O)(=O)c1ccc(Cl)cc1. The van der Waals surface area contributed by atoms with Crippen LogP contribution in [0.25, 0.3) is 0 Å². The summed E-state index contributed by atoms with van der Waals surface area (Å²) >= 11 is 5.85. The first kappa shape index (κ1) is 20.9. The molecule has 0 saturated carbocycles. The summed E-state index contributed by atoms with van der Waals surface area (Å²) in [5.41, 5.74) is -0.848. The monoisotopic (exact) mass is 433 g/mol. The molecule has 0 amide bonds. The van der Waals surface area contributed by atoms with E-state index in [0.29, 0.717) is 11.4 Å². The minimum Gasteiger partial charge on any atom is -0.242 e. The van der Waals surface area contributed by atoms with E-state index in [1.165, 1.54) is 31.2 Å². The lowest BCUT2D eigenvalue weighted by Crippen LogP contribution is -2.41. The van der Waals surface area contributed by atoms with E-state index in [-0.39, 0.29) is 22.3 Å². The molecule has 152 valence electrons. The molecule has 2 unspecified atom stereocenters. The molecule has 1 aromatic heterocycles. The predicted octanol–water partition coefficient (Wildman–Crippen LogP) is 5.09. The van der Waals surface area contributed by atoms with Crippen LogP contribution < -0.4 is 0 Å². The van der Waals surface area contributed by atoms with E-state index in [0.717, 1.165) is 10.7 Å². The number of alkyl halides is 3. The summed E-state index contributed by atoms with van der Waals surface area (Å²) in [7, 11) is -3.92. The van der Waals surface area contributed by atoms with Crippen LogP contribution in [-0.4, -0.2) is 29.2 Å². The van der Waals surface area contributed by atoms with Gasteiger partial charge in [0.25, 0.3) is 0 Å². The lowest BCUT2D eigenvalue weighted by Gasteiger charge is -2.32. The zero-order chi connectivity index (χ0) is 20.9. The summed E-state index contributed by atoms with van der Waals surface area (Å²) < 4.78 is 67.2. The van der Waals surface area contributed by atoms with Crippen LogP contribution in [-0.2, 0) is 16.0 Å². The summed E-state index contributed by atoms with van der Waals surface area (Å²) in [6.45, 7) is 5.27. The van der Waals surface area contributed by atoms with Crippen molar-refractivity contribution in [3.8, 4) is 0 Å². The number of fused-ring (bicyclic) bond motifs is 1. The molecule has 0 radical (unpaired) electrons. The van der Waals surface area contributed by atoms with Crippen LogP contribution >= 0.6 is 11.6 Å². The molecule has 10 heteroatoms. The quantitative estimate of drug-likeness (QED) is 0.674. The van der Waals surface area contributed by atoms with Gasteiger partial charge in [-0.05, 0) is 43.5 Å². The smallest absolute Gasteiger partial charge is 0.242 e. The second-order valence-electron chi connectivity index (χ2n) is 7.20. The predicted molar refractivity (Wildman–Crippen MR) is 101 cm³/mol. The highest BCUT2D eigenvalue weighted by atomic mass is 35.5. The maximum Gasteiger partial charge on any atom is 0.435 e. The second kappa shape index (κ2) is 7.18. The number of aromatic nitrogens is 2. The molecule has 1 aliphatic rings. The number of hydrogen-bond donors (Lipinski definition) is 0. The fourth-order valence-electron chi connectivity index (χ4n) is 3.41. The molecule has 0 spiro atoms. The van der Waals surface area contributed by atoms with Gasteiger partial charge in [0, 0.05) is 16.8 Å². The van der Waals surface area contributed by atoms with E-state index < -0.39 is 33.0 Å². The number of sulfone groups is 1. The number of aliphatic imine (C=N–C) groups is 1. The lowest BCUT2D eigenvalue weighted by atomic mass is 9.98. The van der Waals surface area contributed by atoms with Crippen LogP contribution in [0, 0.1) is 5.92 Å². The van der Waals surface area contributed by atoms with Crippen LogP contribution in [0.1, 0.15) is 38.9 Å². The van der Waals surface area contributed by atoms with Crippen molar-refractivity contribution < 1.29 is 21.6 Å². The first-order chi connectivity index (χ1) is 12.9. The molecule has 0 fully saturated rings. The average Bonchev–Trinajstić information content (AvgIpc) is 2.98. The number of nitrogens with zero attached hydrogens (tertiary/aromatic N) is 3. The molecule has 2 atom stereocenters. The second-order valence-corrected chi connectivity index (χ2v) is 9.71. The Balaban J connectivity index is 2.15. The van der Waals surface area contributed by atoms with Gasteiger partial charge in [-0.3, -0.25) is 0 Å². The molecule has 0 aliphatic carbocycles. The van der Waals surface area contributed by atoms with Crippen molar-refractivity contribution in [3.05, 3.63) is 41.0 Å². The maximum absolute atomic E-state index is 13.3. The number of halogens is 4. The first-order valence-electron chi connectivity index (χ1n) is 8.62. The van der Waals surface area contributed by atoms with E-state index in [1.807, 2.05) is 13.8 Å². The van der Waals surface area contributed by atoms with Crippen molar-refractivity contribution in [1.29, 1.82) is 0 Å². The topological polar surface area (TPSA) is 64.3 Å². The maximum atomic E-state index is 13.3. The van der Waals surface area contributed by atoms with Gasteiger partial charge in [0.15, 0.2) is 21.3 Å². The number of hydrogen-bond acceptors (Lipinski definition) is 4. The van der Waals surface area contributed by atoms with Crippen molar-refractivity contribution in [3.63, 3.8) is 0 Å². The Hall–Kier alpha value is -1.87. The van der Waals surface area contributed by atoms with Gasteiger partial charge >= 0.3 is 6.18 Å². The van der Waals surface area contributed by atoms with Gasteiger partial charge in [-0.15, -0.1) is 0 Å². The summed E-state index contributed by atoms with van der Waals surface area (Å²) in [5, 5.41) is 2.93. The molecule has 2 aromatic rings. The average molecular weight is 434 g/mol. The highest BCUT2D eigenvalue weighted by Crippen LogP contribution is 2.40. The highest BCUT2D eigenvalue weighted by molar-refractivity contribution is 7.92. The van der Waals surface area contributed by atoms with E-state index in [1.54, 1.807) is 0 Å². The van der Waals surface area contributed by atoms with Gasteiger partial charge in [0.05, 0.1) is 10.9 Å². The Morgan fingerprint density at radius 1 is 1.21 bits per heavy atom. The van der Waals surface area contributed by atoms with E-state index in [9.17, 15) is 21.6 Å². The van der Waals surface area contributed by atoms with Gasteiger partial charge in [0.1, 0.15) is 5.25 Å². The Bertz CT molecular complexity index is 1010. The molecular weight excluding hydrogens is 415 g/mol. The molecule has 0 saturated heterocycles. The van der Waals surface area contributed by atoms with Gasteiger partial charge in [-0.25, -0.2) is 18.1 Å². The third-order valence-corrected chi connectivity index (χ3v) is 7.07. The summed E-state index contributed by atoms with van der Waals surface area (Å²) in [6.07, 6.45) is -4.31. The Morgan fingerprint density at radius 2 is 1.82 bits per heavy atom. The first-order valence-corrected chi connectivity index (χ1v) is 10.5. The molecule has 0 N–H and O–H groups in total. The molecule has 0 bridgehead atoms. The Labute approximate surface area is 166 Å². The third-order valence-electron chi connectivity index (χ3n) is 4.56. The Morgan fingerprint density at radius 3 is 2.36 bits per heavy atom. The van der Waals surface area contributed by atoms with Crippen LogP contribution in [0.5, 0.6) is 0 Å².